The Kier molecular flexibility index (Phi) is 7.29. The first-order chi connectivity index (χ1) is 20.3. The van der Waals surface area contributed by atoms with Gasteiger partial charge in [-0.05, 0) is 43.4 Å². The van der Waals surface area contributed by atoms with E-state index in [1.807, 2.05) is 53.3 Å². The number of benzene rings is 2. The maximum Gasteiger partial charge on any atom is 0.270 e. The van der Waals surface area contributed by atoms with E-state index in [1.54, 1.807) is 11.1 Å². The Labute approximate surface area is 242 Å². The second-order valence-electron chi connectivity index (χ2n) is 10.1. The number of amides is 2. The summed E-state index contributed by atoms with van der Waals surface area (Å²) in [7, 11) is -3.81. The van der Waals surface area contributed by atoms with Gasteiger partial charge in [0.2, 0.25) is 10.0 Å². The van der Waals surface area contributed by atoms with Crippen molar-refractivity contribution < 1.29 is 18.0 Å². The summed E-state index contributed by atoms with van der Waals surface area (Å²) >= 11 is 0. The number of nitrogens with one attached hydrogen (secondary N) is 2. The molecule has 2 N–H and O–H groups in total. The minimum Gasteiger partial charge on any atom is -0.338 e. The van der Waals surface area contributed by atoms with Crippen molar-refractivity contribution in [2.24, 2.45) is 0 Å². The molecule has 1 aliphatic heterocycles. The Morgan fingerprint density at radius 1 is 0.929 bits per heavy atom. The predicted molar refractivity (Wildman–Crippen MR) is 159 cm³/mol. The Balaban J connectivity index is 1.38. The van der Waals surface area contributed by atoms with Crippen molar-refractivity contribution in [2.75, 3.05) is 24.2 Å². The van der Waals surface area contributed by atoms with E-state index in [0.717, 1.165) is 18.2 Å². The average molecular weight is 584 g/mol. The number of piperidine rings is 1. The summed E-state index contributed by atoms with van der Waals surface area (Å²) in [6.07, 6.45) is 6.01. The number of carbonyl (C=O) groups is 2. The number of hydrogen-bond donors (Lipinski definition) is 2. The largest absolute Gasteiger partial charge is 0.338 e. The smallest absolute Gasteiger partial charge is 0.270 e. The molecule has 214 valence electrons. The van der Waals surface area contributed by atoms with Gasteiger partial charge in [0.05, 0.1) is 23.2 Å². The van der Waals surface area contributed by atoms with Crippen LogP contribution in [0.4, 0.5) is 11.5 Å². The van der Waals surface area contributed by atoms with Gasteiger partial charge in [-0.2, -0.15) is 9.61 Å². The molecule has 42 heavy (non-hydrogen) atoms. The normalized spacial score (nSPS) is 14.3. The first-order valence-corrected chi connectivity index (χ1v) is 15.4. The molecule has 4 heterocycles. The van der Waals surface area contributed by atoms with Crippen molar-refractivity contribution in [3.8, 4) is 0 Å². The van der Waals surface area contributed by atoms with Gasteiger partial charge in [0.25, 0.3) is 11.8 Å². The third-order valence-corrected chi connectivity index (χ3v) is 8.83. The van der Waals surface area contributed by atoms with E-state index in [9.17, 15) is 18.0 Å². The standard InChI is InChI=1S/C30H29N7O4S/c1-2-42(40,41)35-29(38)23-19-33-37-27(23)32-18-24(28(37)34-25-12-6-10-22-11-7-15-31-26(22)25)30(39)36-16-13-21(14-17-36)20-8-4-3-5-9-20/h3-12,15,18-19,21,34H,2,13-14,16-17H2,1H3,(H,35,38). The summed E-state index contributed by atoms with van der Waals surface area (Å²) in [5, 5.41) is 8.58. The van der Waals surface area contributed by atoms with Crippen LogP contribution in [0.1, 0.15) is 52.0 Å². The zero-order valence-electron chi connectivity index (χ0n) is 22.9. The lowest BCUT2D eigenvalue weighted by Gasteiger charge is -2.32. The predicted octanol–water partition coefficient (Wildman–Crippen LogP) is 4.12. The van der Waals surface area contributed by atoms with Crippen LogP contribution in [0.2, 0.25) is 0 Å². The second-order valence-corrected chi connectivity index (χ2v) is 12.1. The zero-order chi connectivity index (χ0) is 29.3. The summed E-state index contributed by atoms with van der Waals surface area (Å²) in [6.45, 7) is 2.59. The highest BCUT2D eigenvalue weighted by molar-refractivity contribution is 7.90. The molecule has 12 heteroatoms. The third kappa shape index (κ3) is 5.28. The Morgan fingerprint density at radius 3 is 2.45 bits per heavy atom. The van der Waals surface area contributed by atoms with E-state index in [-0.39, 0.29) is 28.4 Å². The van der Waals surface area contributed by atoms with Gasteiger partial charge in [-0.25, -0.2) is 18.1 Å². The van der Waals surface area contributed by atoms with E-state index in [1.165, 1.54) is 29.4 Å². The minimum atomic E-state index is -3.81. The fourth-order valence-electron chi connectivity index (χ4n) is 5.28. The van der Waals surface area contributed by atoms with Gasteiger partial charge in [-0.1, -0.05) is 48.5 Å². The van der Waals surface area contributed by atoms with Crippen LogP contribution in [0.5, 0.6) is 0 Å². The first-order valence-electron chi connectivity index (χ1n) is 13.7. The van der Waals surface area contributed by atoms with Gasteiger partial charge in [-0.3, -0.25) is 14.6 Å². The van der Waals surface area contributed by atoms with E-state index < -0.39 is 15.9 Å². The van der Waals surface area contributed by atoms with E-state index in [2.05, 4.69) is 32.5 Å². The minimum absolute atomic E-state index is 0.0335. The lowest BCUT2D eigenvalue weighted by atomic mass is 9.89. The molecule has 0 aliphatic carbocycles. The van der Waals surface area contributed by atoms with Gasteiger partial charge >= 0.3 is 0 Å². The number of anilines is 2. The molecular formula is C30H29N7O4S. The quantitative estimate of drug-likeness (QED) is 0.292. The SMILES string of the molecule is CCS(=O)(=O)NC(=O)c1cnn2c(Nc3cccc4cccnc34)c(C(=O)N3CCC(c4ccccc4)CC3)cnc12. The molecular weight excluding hydrogens is 554 g/mol. The van der Waals surface area contributed by atoms with Gasteiger partial charge in [0.15, 0.2) is 5.65 Å². The summed E-state index contributed by atoms with van der Waals surface area (Å²) in [6, 6.07) is 19.7. The van der Waals surface area contributed by atoms with Gasteiger partial charge in [-0.15, -0.1) is 0 Å². The van der Waals surface area contributed by atoms with Gasteiger partial charge < -0.3 is 10.2 Å². The molecule has 6 rings (SSSR count). The number of carbonyl (C=O) groups excluding carboxylic acids is 2. The highest BCUT2D eigenvalue weighted by Crippen LogP contribution is 2.31. The summed E-state index contributed by atoms with van der Waals surface area (Å²) in [4.78, 5) is 37.5. The number of likely N-dealkylation sites (tertiary alicyclic amines) is 1. The Bertz CT molecular complexity index is 1890. The molecule has 1 fully saturated rings. The van der Waals surface area contributed by atoms with Crippen LogP contribution in [0.3, 0.4) is 0 Å². The number of sulfonamides is 1. The first kappa shape index (κ1) is 27.3. The lowest BCUT2D eigenvalue weighted by Crippen LogP contribution is -2.38. The van der Waals surface area contributed by atoms with Crippen molar-refractivity contribution in [3.05, 3.63) is 95.9 Å². The Morgan fingerprint density at radius 2 is 1.69 bits per heavy atom. The van der Waals surface area contributed by atoms with E-state index in [0.29, 0.717) is 36.0 Å². The third-order valence-electron chi connectivity index (χ3n) is 7.57. The molecule has 1 saturated heterocycles. The van der Waals surface area contributed by atoms with Crippen LogP contribution >= 0.6 is 0 Å². The summed E-state index contributed by atoms with van der Waals surface area (Å²) in [5.74, 6) is -0.653. The zero-order valence-corrected chi connectivity index (χ0v) is 23.7. The maximum absolute atomic E-state index is 14.0. The number of hydrogen-bond acceptors (Lipinski definition) is 8. The topological polar surface area (TPSA) is 139 Å². The molecule has 0 unspecified atom stereocenters. The lowest BCUT2D eigenvalue weighted by molar-refractivity contribution is 0.0713. The van der Waals surface area contributed by atoms with Gasteiger partial charge in [0.1, 0.15) is 16.9 Å². The number of fused-ring (bicyclic) bond motifs is 2. The Hall–Kier alpha value is -4.84. The molecule has 3 aromatic heterocycles. The number of rotatable bonds is 7. The highest BCUT2D eigenvalue weighted by Gasteiger charge is 2.29. The van der Waals surface area contributed by atoms with Crippen molar-refractivity contribution in [1.29, 1.82) is 0 Å². The number of pyridine rings is 1. The van der Waals surface area contributed by atoms with Crippen LogP contribution in [-0.2, 0) is 10.0 Å². The van der Waals surface area contributed by atoms with E-state index in [4.69, 9.17) is 0 Å². The molecule has 0 spiro atoms. The molecule has 0 radical (unpaired) electrons. The highest BCUT2D eigenvalue weighted by atomic mass is 32.2. The van der Waals surface area contributed by atoms with Crippen LogP contribution in [0.25, 0.3) is 16.6 Å². The molecule has 0 bridgehead atoms. The van der Waals surface area contributed by atoms with Crippen LogP contribution in [0, 0.1) is 0 Å². The molecule has 2 amide bonds. The van der Waals surface area contributed by atoms with Crippen LogP contribution < -0.4 is 10.0 Å². The van der Waals surface area contributed by atoms with Crippen molar-refractivity contribution in [1.82, 2.24) is 29.2 Å². The van der Waals surface area contributed by atoms with Crippen LogP contribution in [0.15, 0.2) is 79.3 Å². The summed E-state index contributed by atoms with van der Waals surface area (Å²) < 4.78 is 27.5. The van der Waals surface area contributed by atoms with Crippen molar-refractivity contribution >= 4 is 49.9 Å². The number of para-hydroxylation sites is 1. The number of aromatic nitrogens is 4. The van der Waals surface area contributed by atoms with Crippen LogP contribution in [-0.4, -0.2) is 63.6 Å². The molecule has 11 nitrogen and oxygen atoms in total. The average Bonchev–Trinajstić information content (AvgIpc) is 3.46. The molecule has 0 saturated carbocycles. The molecule has 1 aliphatic rings. The maximum atomic E-state index is 14.0. The monoisotopic (exact) mass is 583 g/mol. The van der Waals surface area contributed by atoms with E-state index >= 15 is 0 Å². The van der Waals surface area contributed by atoms with Crippen molar-refractivity contribution in [3.63, 3.8) is 0 Å². The van der Waals surface area contributed by atoms with Crippen molar-refractivity contribution in [2.45, 2.75) is 25.7 Å². The van der Waals surface area contributed by atoms with Gasteiger partial charge in [0, 0.05) is 30.9 Å². The fourth-order valence-corrected chi connectivity index (χ4v) is 5.82. The molecule has 2 aromatic carbocycles. The fraction of sp³-hybridized carbons (Fsp3) is 0.233. The summed E-state index contributed by atoms with van der Waals surface area (Å²) in [5.41, 5.74) is 2.93. The molecule has 0 atom stereocenters. The second kappa shape index (κ2) is 11.2. The number of nitrogens with zero attached hydrogens (tertiary/aromatic N) is 5. The molecule has 5 aromatic rings.